The molecule has 0 aliphatic heterocycles. The zero-order valence-corrected chi connectivity index (χ0v) is 18.3. The van der Waals surface area contributed by atoms with E-state index in [4.69, 9.17) is 9.47 Å². The van der Waals surface area contributed by atoms with Crippen LogP contribution in [0.1, 0.15) is 67.7 Å². The van der Waals surface area contributed by atoms with Crippen LogP contribution >= 0.6 is 0 Å². The summed E-state index contributed by atoms with van der Waals surface area (Å²) in [5.41, 5.74) is -0.594. The fourth-order valence-corrected chi connectivity index (χ4v) is 2.76. The summed E-state index contributed by atoms with van der Waals surface area (Å²) in [7, 11) is 1.37. The maximum Gasteiger partial charge on any atom is 0.407 e. The van der Waals surface area contributed by atoms with Crippen LogP contribution in [0.4, 0.5) is 4.79 Å². The highest BCUT2D eigenvalue weighted by atomic mass is 16.6. The summed E-state index contributed by atoms with van der Waals surface area (Å²) in [5, 5.41) is 16.5. The number of alkyl carbamates (subject to hydrolysis) is 1. The van der Waals surface area contributed by atoms with Crippen LogP contribution in [-0.4, -0.2) is 54.6 Å². The average Bonchev–Trinajstić information content (AvgIpc) is 2.49. The fraction of sp³-hybridized carbons (Fsp3) is 0.900. The Morgan fingerprint density at radius 2 is 1.59 bits per heavy atom. The quantitative estimate of drug-likeness (QED) is 0.471. The minimum atomic E-state index is -0.746. The van der Waals surface area contributed by atoms with Crippen molar-refractivity contribution in [2.24, 2.45) is 11.8 Å². The van der Waals surface area contributed by atoms with Gasteiger partial charge in [0.05, 0.1) is 19.3 Å². The van der Waals surface area contributed by atoms with E-state index in [0.717, 1.165) is 0 Å². The van der Waals surface area contributed by atoms with Gasteiger partial charge in [-0.3, -0.25) is 4.79 Å². The molecule has 3 atom stereocenters. The van der Waals surface area contributed by atoms with Gasteiger partial charge in [-0.25, -0.2) is 4.79 Å². The molecule has 0 saturated heterocycles. The monoisotopic (exact) mass is 388 g/mol. The highest BCUT2D eigenvalue weighted by molar-refractivity contribution is 5.75. The Balaban J connectivity index is 4.72. The molecule has 7 heteroatoms. The van der Waals surface area contributed by atoms with Crippen molar-refractivity contribution in [3.8, 4) is 0 Å². The molecular weight excluding hydrogens is 348 g/mol. The van der Waals surface area contributed by atoms with E-state index in [1.165, 1.54) is 7.11 Å². The predicted molar refractivity (Wildman–Crippen MR) is 106 cm³/mol. The fourth-order valence-electron chi connectivity index (χ4n) is 2.76. The van der Waals surface area contributed by atoms with Crippen molar-refractivity contribution >= 4 is 12.1 Å². The summed E-state index contributed by atoms with van der Waals surface area (Å²) in [6, 6.07) is -0.812. The van der Waals surface area contributed by atoms with E-state index >= 15 is 0 Å². The van der Waals surface area contributed by atoms with Gasteiger partial charge < -0.3 is 25.2 Å². The summed E-state index contributed by atoms with van der Waals surface area (Å²) < 4.78 is 10.1. The number of hydrogen-bond donors (Lipinski definition) is 3. The van der Waals surface area contributed by atoms with Crippen LogP contribution in [0.5, 0.6) is 0 Å². The molecule has 0 aromatic heterocycles. The molecule has 0 rings (SSSR count). The lowest BCUT2D eigenvalue weighted by molar-refractivity contribution is -0.143. The van der Waals surface area contributed by atoms with Gasteiger partial charge in [-0.1, -0.05) is 27.7 Å². The lowest BCUT2D eigenvalue weighted by atomic mass is 9.97. The summed E-state index contributed by atoms with van der Waals surface area (Å²) in [5.74, 6) is 0.342. The molecule has 0 radical (unpaired) electrons. The van der Waals surface area contributed by atoms with Crippen LogP contribution in [0.2, 0.25) is 0 Å². The van der Waals surface area contributed by atoms with E-state index in [1.54, 1.807) is 20.8 Å². The van der Waals surface area contributed by atoms with Gasteiger partial charge in [-0.05, 0) is 58.4 Å². The van der Waals surface area contributed by atoms with Gasteiger partial charge in [-0.15, -0.1) is 0 Å². The number of rotatable bonds is 11. The van der Waals surface area contributed by atoms with Gasteiger partial charge in [0.25, 0.3) is 0 Å². The maximum absolute atomic E-state index is 12.1. The van der Waals surface area contributed by atoms with Crippen molar-refractivity contribution in [2.45, 2.75) is 91.5 Å². The number of carbonyl (C=O) groups excluding carboxylic acids is 2. The number of ether oxygens (including phenoxy) is 2. The van der Waals surface area contributed by atoms with Crippen molar-refractivity contribution in [2.75, 3.05) is 13.7 Å². The van der Waals surface area contributed by atoms with Crippen molar-refractivity contribution in [3.05, 3.63) is 0 Å². The third-order valence-electron chi connectivity index (χ3n) is 3.92. The number of hydrogen-bond acceptors (Lipinski definition) is 6. The lowest BCUT2D eigenvalue weighted by Gasteiger charge is -2.28. The zero-order valence-electron chi connectivity index (χ0n) is 18.3. The molecule has 1 amide bonds. The van der Waals surface area contributed by atoms with E-state index in [1.807, 2.05) is 27.7 Å². The molecule has 27 heavy (non-hydrogen) atoms. The SMILES string of the molecule is COC(=O)[C@H](CC(C)C)NCC[C@H](O)[C@H](CC(C)C)NC(=O)OC(C)(C)C. The van der Waals surface area contributed by atoms with Gasteiger partial charge in [0.15, 0.2) is 0 Å². The Morgan fingerprint density at radius 1 is 1.04 bits per heavy atom. The molecule has 3 N–H and O–H groups in total. The smallest absolute Gasteiger partial charge is 0.407 e. The largest absolute Gasteiger partial charge is 0.468 e. The van der Waals surface area contributed by atoms with Crippen LogP contribution in [-0.2, 0) is 14.3 Å². The van der Waals surface area contributed by atoms with Crippen molar-refractivity contribution in [1.29, 1.82) is 0 Å². The molecule has 0 bridgehead atoms. The van der Waals surface area contributed by atoms with Gasteiger partial charge >= 0.3 is 12.1 Å². The molecule has 0 aliphatic carbocycles. The number of amides is 1. The molecule has 160 valence electrons. The molecule has 0 heterocycles. The van der Waals surface area contributed by atoms with E-state index in [-0.39, 0.29) is 5.97 Å². The van der Waals surface area contributed by atoms with Crippen LogP contribution in [0.3, 0.4) is 0 Å². The highest BCUT2D eigenvalue weighted by Gasteiger charge is 2.26. The average molecular weight is 389 g/mol. The molecule has 7 nitrogen and oxygen atoms in total. The number of methoxy groups -OCH3 is 1. The third-order valence-corrected chi connectivity index (χ3v) is 3.92. The second kappa shape index (κ2) is 12.2. The van der Waals surface area contributed by atoms with Crippen LogP contribution in [0.25, 0.3) is 0 Å². The first-order chi connectivity index (χ1) is 12.4. The number of carbonyl (C=O) groups is 2. The van der Waals surface area contributed by atoms with Crippen molar-refractivity contribution < 1.29 is 24.2 Å². The molecule has 0 fully saturated rings. The second-order valence-electron chi connectivity index (χ2n) is 8.90. The van der Waals surface area contributed by atoms with Crippen LogP contribution < -0.4 is 10.6 Å². The Morgan fingerprint density at radius 3 is 2.04 bits per heavy atom. The predicted octanol–water partition coefficient (Wildman–Crippen LogP) is 2.85. The van der Waals surface area contributed by atoms with E-state index < -0.39 is 29.9 Å². The molecule has 0 saturated carbocycles. The standard InChI is InChI=1S/C20H40N2O5/c1-13(2)11-15(22-19(25)27-20(5,6)7)17(23)9-10-21-16(12-14(3)4)18(24)26-8/h13-17,21,23H,9-12H2,1-8H3,(H,22,25)/t15-,16-,17-/m0/s1. The summed E-state index contributed by atoms with van der Waals surface area (Å²) in [6.07, 6.45) is 0.414. The molecule has 0 aliphatic rings. The van der Waals surface area contributed by atoms with E-state index in [0.29, 0.717) is 37.6 Å². The van der Waals surface area contributed by atoms with Crippen molar-refractivity contribution in [1.82, 2.24) is 10.6 Å². The first-order valence-electron chi connectivity index (χ1n) is 9.84. The second-order valence-corrected chi connectivity index (χ2v) is 8.90. The van der Waals surface area contributed by atoms with Gasteiger partial charge in [0.1, 0.15) is 11.6 Å². The van der Waals surface area contributed by atoms with Crippen LogP contribution in [0, 0.1) is 11.8 Å². The van der Waals surface area contributed by atoms with E-state index in [9.17, 15) is 14.7 Å². The summed E-state index contributed by atoms with van der Waals surface area (Å²) >= 11 is 0. The molecular formula is C20H40N2O5. The number of esters is 1. The third kappa shape index (κ3) is 12.6. The molecule has 0 unspecified atom stereocenters. The summed E-state index contributed by atoms with van der Waals surface area (Å²) in [6.45, 7) is 14.0. The van der Waals surface area contributed by atoms with Gasteiger partial charge in [-0.2, -0.15) is 0 Å². The Labute approximate surface area is 164 Å². The molecule has 0 aromatic rings. The number of aliphatic hydroxyl groups excluding tert-OH is 1. The topological polar surface area (TPSA) is 96.9 Å². The minimum absolute atomic E-state index is 0.302. The Bertz CT molecular complexity index is 446. The highest BCUT2D eigenvalue weighted by Crippen LogP contribution is 2.13. The minimum Gasteiger partial charge on any atom is -0.468 e. The summed E-state index contributed by atoms with van der Waals surface area (Å²) in [4.78, 5) is 23.9. The first-order valence-corrected chi connectivity index (χ1v) is 9.84. The normalized spacial score (nSPS) is 15.4. The van der Waals surface area contributed by atoms with E-state index in [2.05, 4.69) is 10.6 Å². The molecule has 0 aromatic carbocycles. The Hall–Kier alpha value is -1.34. The zero-order chi connectivity index (χ0) is 21.2. The maximum atomic E-state index is 12.1. The number of nitrogens with one attached hydrogen (secondary N) is 2. The van der Waals surface area contributed by atoms with Gasteiger partial charge in [0, 0.05) is 0 Å². The van der Waals surface area contributed by atoms with Gasteiger partial charge in [0.2, 0.25) is 0 Å². The lowest BCUT2D eigenvalue weighted by Crippen LogP contribution is -2.47. The Kier molecular flexibility index (Phi) is 11.6. The number of aliphatic hydroxyl groups is 1. The molecule has 0 spiro atoms. The van der Waals surface area contributed by atoms with Crippen LogP contribution in [0.15, 0.2) is 0 Å². The van der Waals surface area contributed by atoms with Crippen molar-refractivity contribution in [3.63, 3.8) is 0 Å². The first kappa shape index (κ1) is 25.7.